The van der Waals surface area contributed by atoms with Crippen molar-refractivity contribution in [3.8, 4) is 0 Å². The molecule has 1 fully saturated rings. The van der Waals surface area contributed by atoms with Crippen molar-refractivity contribution in [2.45, 2.75) is 13.3 Å². The van der Waals surface area contributed by atoms with Gasteiger partial charge in [0, 0.05) is 5.92 Å². The topological polar surface area (TPSA) is 27.7 Å². The van der Waals surface area contributed by atoms with Gasteiger partial charge in [-0.15, -0.1) is 0 Å². The van der Waals surface area contributed by atoms with Gasteiger partial charge in [-0.2, -0.15) is 0 Å². The predicted octanol–water partition coefficient (Wildman–Crippen LogP) is 2.45. The molecule has 4 heteroatoms. The fraction of sp³-hybridized carbons (Fsp3) is 0.714. The maximum absolute atomic E-state index is 5.27. The highest BCUT2D eigenvalue weighted by molar-refractivity contribution is 7.41. The number of hydrogen-bond donors (Lipinski definition) is 0. The lowest BCUT2D eigenvalue weighted by molar-refractivity contribution is 0.0857. The van der Waals surface area contributed by atoms with Crippen LogP contribution in [0.4, 0.5) is 0 Å². The van der Waals surface area contributed by atoms with E-state index >= 15 is 0 Å². The van der Waals surface area contributed by atoms with Crippen molar-refractivity contribution in [1.29, 1.82) is 0 Å². The largest absolute Gasteiger partial charge is 0.435 e. The van der Waals surface area contributed by atoms with Crippen molar-refractivity contribution in [2.24, 2.45) is 5.92 Å². The van der Waals surface area contributed by atoms with Crippen LogP contribution in [0.2, 0.25) is 0 Å². The molecule has 0 aliphatic carbocycles. The molecule has 0 saturated carbocycles. The first-order chi connectivity index (χ1) is 5.36. The highest BCUT2D eigenvalue weighted by atomic mass is 31.2. The summed E-state index contributed by atoms with van der Waals surface area (Å²) in [6.45, 7) is 7.04. The molecule has 1 saturated heterocycles. The summed E-state index contributed by atoms with van der Waals surface area (Å²) in [6.07, 6.45) is 2.45. The second kappa shape index (κ2) is 4.70. The Balaban J connectivity index is 2.18. The maximum atomic E-state index is 5.27. The molecule has 1 aliphatic rings. The van der Waals surface area contributed by atoms with Gasteiger partial charge in [0.1, 0.15) is 0 Å². The molecule has 0 aromatic heterocycles. The Bertz CT molecular complexity index is 121. The normalized spacial score (nSPS) is 31.4. The smallest absolute Gasteiger partial charge is 0.396 e. The van der Waals surface area contributed by atoms with Gasteiger partial charge in [-0.25, -0.2) is 0 Å². The highest BCUT2D eigenvalue weighted by Gasteiger charge is 2.22. The zero-order valence-electron chi connectivity index (χ0n) is 6.66. The van der Waals surface area contributed by atoms with E-state index in [1.165, 1.54) is 6.26 Å². The van der Waals surface area contributed by atoms with Crippen molar-refractivity contribution in [3.05, 3.63) is 12.8 Å². The van der Waals surface area contributed by atoms with Crippen LogP contribution in [0.1, 0.15) is 13.3 Å². The lowest BCUT2D eigenvalue weighted by Crippen LogP contribution is -2.18. The summed E-state index contributed by atoms with van der Waals surface area (Å²) in [7, 11) is -1.12. The molecule has 0 amide bonds. The van der Waals surface area contributed by atoms with Gasteiger partial charge < -0.3 is 13.6 Å². The SMILES string of the molecule is C=COP1OCC(CC)CO1. The lowest BCUT2D eigenvalue weighted by Gasteiger charge is -2.25. The molecular weight excluding hydrogens is 163 g/mol. The Morgan fingerprint density at radius 1 is 1.64 bits per heavy atom. The quantitative estimate of drug-likeness (QED) is 0.488. The summed E-state index contributed by atoms with van der Waals surface area (Å²) in [5, 5.41) is 0. The van der Waals surface area contributed by atoms with E-state index in [4.69, 9.17) is 13.6 Å². The summed E-state index contributed by atoms with van der Waals surface area (Å²) >= 11 is 0. The molecule has 0 N–H and O–H groups in total. The minimum Gasteiger partial charge on any atom is -0.435 e. The van der Waals surface area contributed by atoms with Crippen LogP contribution in [0.3, 0.4) is 0 Å². The van der Waals surface area contributed by atoms with Gasteiger partial charge in [0.2, 0.25) is 0 Å². The Morgan fingerprint density at radius 2 is 2.27 bits per heavy atom. The average Bonchev–Trinajstić information content (AvgIpc) is 2.07. The molecule has 0 radical (unpaired) electrons. The predicted molar refractivity (Wildman–Crippen MR) is 43.9 cm³/mol. The Kier molecular flexibility index (Phi) is 3.84. The minimum atomic E-state index is -1.12. The summed E-state index contributed by atoms with van der Waals surface area (Å²) in [6, 6.07) is 0. The summed E-state index contributed by atoms with van der Waals surface area (Å²) < 4.78 is 15.5. The third-order valence-electron chi connectivity index (χ3n) is 1.57. The van der Waals surface area contributed by atoms with E-state index in [2.05, 4.69) is 13.5 Å². The van der Waals surface area contributed by atoms with Crippen LogP contribution in [-0.2, 0) is 13.6 Å². The lowest BCUT2D eigenvalue weighted by atomic mass is 10.1. The molecule has 64 valence electrons. The average molecular weight is 176 g/mol. The maximum Gasteiger partial charge on any atom is 0.396 e. The van der Waals surface area contributed by atoms with E-state index in [1.807, 2.05) is 0 Å². The van der Waals surface area contributed by atoms with Gasteiger partial charge in [-0.1, -0.05) is 13.5 Å². The second-order valence-corrected chi connectivity index (χ2v) is 3.54. The molecule has 1 rings (SSSR count). The van der Waals surface area contributed by atoms with Gasteiger partial charge in [-0.3, -0.25) is 0 Å². The van der Waals surface area contributed by atoms with Crippen molar-refractivity contribution in [1.82, 2.24) is 0 Å². The summed E-state index contributed by atoms with van der Waals surface area (Å²) in [5.41, 5.74) is 0. The third-order valence-corrected chi connectivity index (χ3v) is 2.61. The molecule has 0 bridgehead atoms. The summed E-state index contributed by atoms with van der Waals surface area (Å²) in [4.78, 5) is 0. The molecule has 3 nitrogen and oxygen atoms in total. The molecule has 1 heterocycles. The number of rotatable bonds is 3. The standard InChI is InChI=1S/C7H13O3P/c1-3-7-5-9-11(8-4-2)10-6-7/h4,7H,2-3,5-6H2,1H3. The van der Waals surface area contributed by atoms with E-state index in [0.717, 1.165) is 19.6 Å². The van der Waals surface area contributed by atoms with E-state index < -0.39 is 8.60 Å². The molecule has 11 heavy (non-hydrogen) atoms. The minimum absolute atomic E-state index is 0.530. The van der Waals surface area contributed by atoms with E-state index in [1.54, 1.807) is 0 Å². The molecule has 0 aromatic carbocycles. The third kappa shape index (κ3) is 2.78. The Morgan fingerprint density at radius 3 is 2.73 bits per heavy atom. The van der Waals surface area contributed by atoms with Crippen LogP contribution in [0.5, 0.6) is 0 Å². The van der Waals surface area contributed by atoms with Crippen molar-refractivity contribution in [2.75, 3.05) is 13.2 Å². The molecule has 0 spiro atoms. The van der Waals surface area contributed by atoms with E-state index in [-0.39, 0.29) is 0 Å². The van der Waals surface area contributed by atoms with Gasteiger partial charge in [0.15, 0.2) is 0 Å². The summed E-state index contributed by atoms with van der Waals surface area (Å²) in [5.74, 6) is 0.530. The molecule has 0 aromatic rings. The zero-order valence-corrected chi connectivity index (χ0v) is 7.55. The zero-order chi connectivity index (χ0) is 8.10. The fourth-order valence-corrected chi connectivity index (χ4v) is 1.76. The Labute approximate surface area is 68.3 Å². The van der Waals surface area contributed by atoms with Crippen molar-refractivity contribution < 1.29 is 13.6 Å². The first kappa shape index (κ1) is 8.98. The van der Waals surface area contributed by atoms with Crippen LogP contribution in [0.25, 0.3) is 0 Å². The van der Waals surface area contributed by atoms with Crippen molar-refractivity contribution in [3.63, 3.8) is 0 Å². The van der Waals surface area contributed by atoms with Gasteiger partial charge in [0.05, 0.1) is 19.5 Å². The fourth-order valence-electron chi connectivity index (χ4n) is 0.775. The van der Waals surface area contributed by atoms with Gasteiger partial charge in [0.25, 0.3) is 0 Å². The monoisotopic (exact) mass is 176 g/mol. The van der Waals surface area contributed by atoms with Gasteiger partial charge >= 0.3 is 8.60 Å². The van der Waals surface area contributed by atoms with Gasteiger partial charge in [-0.05, 0) is 6.42 Å². The van der Waals surface area contributed by atoms with Crippen LogP contribution in [0, 0.1) is 5.92 Å². The van der Waals surface area contributed by atoms with E-state index in [9.17, 15) is 0 Å². The molecule has 0 unspecified atom stereocenters. The first-order valence-electron chi connectivity index (χ1n) is 3.70. The highest BCUT2D eigenvalue weighted by Crippen LogP contribution is 2.44. The van der Waals surface area contributed by atoms with Crippen LogP contribution in [0.15, 0.2) is 12.8 Å². The molecule has 0 atom stereocenters. The molecular formula is C7H13O3P. The number of hydrogen-bond acceptors (Lipinski definition) is 3. The second-order valence-electron chi connectivity index (χ2n) is 2.36. The van der Waals surface area contributed by atoms with Crippen molar-refractivity contribution >= 4 is 8.60 Å². The Hall–Kier alpha value is -0.110. The van der Waals surface area contributed by atoms with E-state index in [0.29, 0.717) is 5.92 Å². The van der Waals surface area contributed by atoms with Crippen LogP contribution < -0.4 is 0 Å². The molecule has 1 aliphatic heterocycles. The van der Waals surface area contributed by atoms with Crippen LogP contribution >= 0.6 is 8.60 Å². The van der Waals surface area contributed by atoms with Crippen LogP contribution in [-0.4, -0.2) is 13.2 Å². The first-order valence-corrected chi connectivity index (χ1v) is 4.80.